The number of hydrogen-bond acceptors (Lipinski definition) is 5. The summed E-state index contributed by atoms with van der Waals surface area (Å²) in [6, 6.07) is 6.08. The van der Waals surface area contributed by atoms with Crippen LogP contribution in [0.4, 0.5) is 5.69 Å². The first kappa shape index (κ1) is 16.2. The van der Waals surface area contributed by atoms with E-state index < -0.39 is 20.2 Å². The lowest BCUT2D eigenvalue weighted by Crippen LogP contribution is -2.48. The third-order valence-electron chi connectivity index (χ3n) is 2.98. The summed E-state index contributed by atoms with van der Waals surface area (Å²) in [7, 11) is -7.18. The zero-order valence-corrected chi connectivity index (χ0v) is 13.0. The minimum Gasteiger partial charge on any atom is -0.314 e. The lowest BCUT2D eigenvalue weighted by molar-refractivity contribution is 0.362. The molecule has 0 aliphatic carbocycles. The van der Waals surface area contributed by atoms with E-state index in [1.165, 1.54) is 28.6 Å². The number of nitrogens with two attached hydrogens (primary N) is 1. The van der Waals surface area contributed by atoms with Crippen molar-refractivity contribution in [3.8, 4) is 0 Å². The second kappa shape index (κ2) is 6.28. The fourth-order valence-electron chi connectivity index (χ4n) is 2.00. The zero-order chi connectivity index (χ0) is 15.5. The highest BCUT2D eigenvalue weighted by Gasteiger charge is 2.23. The van der Waals surface area contributed by atoms with Crippen molar-refractivity contribution in [1.29, 1.82) is 0 Å². The van der Waals surface area contributed by atoms with E-state index in [9.17, 15) is 16.8 Å². The van der Waals surface area contributed by atoms with E-state index in [1.54, 1.807) is 0 Å². The van der Waals surface area contributed by atoms with Gasteiger partial charge in [-0.3, -0.25) is 4.72 Å². The maximum absolute atomic E-state index is 12.1. The smallest absolute Gasteiger partial charge is 0.301 e. The summed E-state index contributed by atoms with van der Waals surface area (Å²) in [5, 5.41) is 8.03. The molecule has 1 aromatic rings. The number of hydrogen-bond donors (Lipinski definition) is 3. The van der Waals surface area contributed by atoms with Gasteiger partial charge in [0.25, 0.3) is 0 Å². The molecule has 10 heteroatoms. The molecule has 0 aromatic heterocycles. The van der Waals surface area contributed by atoms with Gasteiger partial charge in [-0.05, 0) is 17.7 Å². The van der Waals surface area contributed by atoms with Gasteiger partial charge in [-0.1, -0.05) is 12.1 Å². The van der Waals surface area contributed by atoms with E-state index in [0.29, 0.717) is 37.4 Å². The molecule has 0 bridgehead atoms. The van der Waals surface area contributed by atoms with Crippen LogP contribution in [0.5, 0.6) is 0 Å². The lowest BCUT2D eigenvalue weighted by Gasteiger charge is -2.26. The Labute approximate surface area is 124 Å². The lowest BCUT2D eigenvalue weighted by atomic mass is 10.2. The normalized spacial score (nSPS) is 17.6. The van der Waals surface area contributed by atoms with Crippen LogP contribution in [0, 0.1) is 0 Å². The minimum atomic E-state index is -3.60. The van der Waals surface area contributed by atoms with Gasteiger partial charge in [-0.2, -0.15) is 12.7 Å². The van der Waals surface area contributed by atoms with Crippen molar-refractivity contribution in [1.82, 2.24) is 9.62 Å². The number of piperazine rings is 1. The Balaban J connectivity index is 2.05. The largest absolute Gasteiger partial charge is 0.314 e. The Hall–Kier alpha value is -1.20. The summed E-state index contributed by atoms with van der Waals surface area (Å²) in [5.74, 6) is -0.280. The van der Waals surface area contributed by atoms with Crippen molar-refractivity contribution in [3.63, 3.8) is 0 Å². The van der Waals surface area contributed by atoms with Crippen molar-refractivity contribution in [3.05, 3.63) is 29.8 Å². The number of rotatable bonds is 5. The maximum Gasteiger partial charge on any atom is 0.301 e. The van der Waals surface area contributed by atoms with Crippen LogP contribution in [0.15, 0.2) is 24.3 Å². The van der Waals surface area contributed by atoms with E-state index in [0.717, 1.165) is 0 Å². The van der Waals surface area contributed by atoms with Crippen molar-refractivity contribution < 1.29 is 16.8 Å². The van der Waals surface area contributed by atoms with E-state index in [2.05, 4.69) is 10.0 Å². The van der Waals surface area contributed by atoms with Crippen LogP contribution in [-0.2, 0) is 26.0 Å². The first-order valence-corrected chi connectivity index (χ1v) is 9.50. The molecular weight excluding hydrogens is 316 g/mol. The maximum atomic E-state index is 12.1. The van der Waals surface area contributed by atoms with Gasteiger partial charge < -0.3 is 5.32 Å². The molecule has 1 aromatic carbocycles. The predicted octanol–water partition coefficient (Wildman–Crippen LogP) is -0.963. The second-order valence-corrected chi connectivity index (χ2v) is 8.05. The zero-order valence-electron chi connectivity index (χ0n) is 11.3. The Morgan fingerprint density at radius 3 is 2.19 bits per heavy atom. The molecule has 1 aliphatic heterocycles. The fourth-order valence-corrected chi connectivity index (χ4v) is 3.88. The number of benzene rings is 1. The van der Waals surface area contributed by atoms with Crippen molar-refractivity contribution in [2.24, 2.45) is 5.14 Å². The molecule has 21 heavy (non-hydrogen) atoms. The molecule has 1 aliphatic rings. The summed E-state index contributed by atoms with van der Waals surface area (Å²) >= 11 is 0. The fraction of sp³-hybridized carbons (Fsp3) is 0.455. The number of nitrogens with zero attached hydrogens (tertiary/aromatic N) is 1. The first-order chi connectivity index (χ1) is 9.76. The Bertz CT molecular complexity index is 679. The SMILES string of the molecule is NS(=O)(=O)Cc1ccc(NS(=O)(=O)N2CCNCC2)cc1. The van der Waals surface area contributed by atoms with Gasteiger partial charge >= 0.3 is 10.2 Å². The van der Waals surface area contributed by atoms with Crippen LogP contribution in [-0.4, -0.2) is 47.3 Å². The molecule has 0 unspecified atom stereocenters. The topological polar surface area (TPSA) is 122 Å². The average Bonchev–Trinajstić information content (AvgIpc) is 2.40. The third kappa shape index (κ3) is 4.93. The number of sulfonamides is 1. The van der Waals surface area contributed by atoms with Gasteiger partial charge in [0.15, 0.2) is 0 Å². The Morgan fingerprint density at radius 2 is 1.67 bits per heavy atom. The summed E-state index contributed by atoms with van der Waals surface area (Å²) in [6.45, 7) is 2.07. The third-order valence-corrected chi connectivity index (χ3v) is 5.26. The molecule has 4 N–H and O–H groups in total. The van der Waals surface area contributed by atoms with Crippen LogP contribution in [0.25, 0.3) is 0 Å². The molecule has 8 nitrogen and oxygen atoms in total. The van der Waals surface area contributed by atoms with Gasteiger partial charge in [0.1, 0.15) is 0 Å². The first-order valence-electron chi connectivity index (χ1n) is 6.34. The van der Waals surface area contributed by atoms with Crippen LogP contribution in [0.3, 0.4) is 0 Å². The molecule has 118 valence electrons. The summed E-state index contributed by atoms with van der Waals surface area (Å²) in [5.41, 5.74) is 0.884. The highest BCUT2D eigenvalue weighted by atomic mass is 32.2. The quantitative estimate of drug-likeness (QED) is 0.640. The second-order valence-electron chi connectivity index (χ2n) is 4.76. The minimum absolute atomic E-state index is 0.280. The molecule has 0 radical (unpaired) electrons. The van der Waals surface area contributed by atoms with E-state index in [1.807, 2.05) is 0 Å². The van der Waals surface area contributed by atoms with E-state index >= 15 is 0 Å². The van der Waals surface area contributed by atoms with Gasteiger partial charge in [-0.15, -0.1) is 0 Å². The average molecular weight is 334 g/mol. The molecule has 1 fully saturated rings. The summed E-state index contributed by atoms with van der Waals surface area (Å²) in [4.78, 5) is 0. The Morgan fingerprint density at radius 1 is 1.10 bits per heavy atom. The monoisotopic (exact) mass is 334 g/mol. The van der Waals surface area contributed by atoms with Crippen LogP contribution < -0.4 is 15.2 Å². The van der Waals surface area contributed by atoms with E-state index in [-0.39, 0.29) is 5.75 Å². The molecule has 0 amide bonds. The molecule has 1 heterocycles. The Kier molecular flexibility index (Phi) is 4.84. The van der Waals surface area contributed by atoms with Gasteiger partial charge in [0.05, 0.1) is 5.75 Å². The molecule has 1 saturated heterocycles. The predicted molar refractivity (Wildman–Crippen MR) is 80.2 cm³/mol. The van der Waals surface area contributed by atoms with Gasteiger partial charge in [0, 0.05) is 31.9 Å². The molecular formula is C11H18N4O4S2. The van der Waals surface area contributed by atoms with Crippen LogP contribution in [0.2, 0.25) is 0 Å². The standard InChI is InChI=1S/C11H18N4O4S2/c12-20(16,17)9-10-1-3-11(4-2-10)14-21(18,19)15-7-5-13-6-8-15/h1-4,13-14H,5-9H2,(H2,12,16,17). The number of anilines is 1. The van der Waals surface area contributed by atoms with Gasteiger partial charge in [0.2, 0.25) is 10.0 Å². The molecule has 2 rings (SSSR count). The summed E-state index contributed by atoms with van der Waals surface area (Å²) in [6.07, 6.45) is 0. The molecule has 0 spiro atoms. The summed E-state index contributed by atoms with van der Waals surface area (Å²) < 4.78 is 50.1. The van der Waals surface area contributed by atoms with Crippen molar-refractivity contribution in [2.75, 3.05) is 30.9 Å². The number of primary sulfonamides is 1. The highest BCUT2D eigenvalue weighted by molar-refractivity contribution is 7.90. The van der Waals surface area contributed by atoms with Crippen molar-refractivity contribution in [2.45, 2.75) is 5.75 Å². The van der Waals surface area contributed by atoms with E-state index in [4.69, 9.17) is 5.14 Å². The number of nitrogens with one attached hydrogen (secondary N) is 2. The van der Waals surface area contributed by atoms with Crippen LogP contribution in [0.1, 0.15) is 5.56 Å². The highest BCUT2D eigenvalue weighted by Crippen LogP contribution is 2.14. The van der Waals surface area contributed by atoms with Gasteiger partial charge in [-0.25, -0.2) is 13.6 Å². The van der Waals surface area contributed by atoms with Crippen molar-refractivity contribution >= 4 is 25.9 Å². The van der Waals surface area contributed by atoms with Crippen LogP contribution >= 0.6 is 0 Å². The molecule has 0 atom stereocenters. The molecule has 0 saturated carbocycles.